The van der Waals surface area contributed by atoms with Crippen molar-refractivity contribution in [1.29, 1.82) is 5.26 Å². The maximum absolute atomic E-state index is 13.9. The van der Waals surface area contributed by atoms with Crippen molar-refractivity contribution in [3.8, 4) is 23.3 Å². The summed E-state index contributed by atoms with van der Waals surface area (Å²) in [6.07, 6.45) is 0.884. The molecule has 2 aromatic carbocycles. The lowest BCUT2D eigenvalue weighted by molar-refractivity contribution is -0.127. The highest BCUT2D eigenvalue weighted by atomic mass is 35.5. The molecular formula is C20H15ClFN3O3S. The Morgan fingerprint density at radius 3 is 2.66 bits per heavy atom. The zero-order valence-electron chi connectivity index (χ0n) is 15.2. The van der Waals surface area contributed by atoms with Crippen LogP contribution in [0.1, 0.15) is 17.4 Å². The van der Waals surface area contributed by atoms with E-state index in [0.717, 1.165) is 10.9 Å². The molecule has 1 heterocycles. The largest absolute Gasteiger partial charge is 0.481 e. The van der Waals surface area contributed by atoms with Crippen molar-refractivity contribution in [3.05, 3.63) is 69.4 Å². The number of thiazole rings is 1. The van der Waals surface area contributed by atoms with Crippen molar-refractivity contribution in [1.82, 2.24) is 10.3 Å². The molecule has 29 heavy (non-hydrogen) atoms. The number of amides is 1. The molecule has 0 aliphatic heterocycles. The Balaban J connectivity index is 1.54. The maximum Gasteiger partial charge on any atom is 0.261 e. The molecule has 1 N–H and O–H groups in total. The number of benzene rings is 2. The van der Waals surface area contributed by atoms with Gasteiger partial charge in [-0.25, -0.2) is 9.37 Å². The minimum Gasteiger partial charge on any atom is -0.481 e. The van der Waals surface area contributed by atoms with Crippen LogP contribution in [0.4, 0.5) is 4.39 Å². The van der Waals surface area contributed by atoms with E-state index in [4.69, 9.17) is 26.3 Å². The highest BCUT2D eigenvalue weighted by Crippen LogP contribution is 2.27. The number of nitrogens with one attached hydrogen (secondary N) is 1. The van der Waals surface area contributed by atoms with E-state index in [9.17, 15) is 9.18 Å². The standard InChI is InChI=1S/C20H15ClFN3O3S/c1-12(19(26)24-10-16-11-25-20(21)29-16)27-14-3-5-15(6-4-14)28-18-7-2-13(9-23)8-17(18)22/h2-8,11-12H,10H2,1H3,(H,24,26)/t12-/m1/s1. The van der Waals surface area contributed by atoms with Crippen molar-refractivity contribution in [2.24, 2.45) is 0 Å². The smallest absolute Gasteiger partial charge is 0.261 e. The molecule has 1 atom stereocenters. The number of rotatable bonds is 7. The first-order valence-corrected chi connectivity index (χ1v) is 9.66. The zero-order chi connectivity index (χ0) is 20.8. The fraction of sp³-hybridized carbons (Fsp3) is 0.150. The van der Waals surface area contributed by atoms with Crippen molar-refractivity contribution >= 4 is 28.8 Å². The van der Waals surface area contributed by atoms with Crippen LogP contribution >= 0.6 is 22.9 Å². The summed E-state index contributed by atoms with van der Waals surface area (Å²) >= 11 is 7.05. The van der Waals surface area contributed by atoms with Crippen LogP contribution in [0, 0.1) is 17.1 Å². The van der Waals surface area contributed by atoms with Crippen LogP contribution in [0.3, 0.4) is 0 Å². The summed E-state index contributed by atoms with van der Waals surface area (Å²) in [5.41, 5.74) is 0.212. The number of carbonyl (C=O) groups is 1. The lowest BCUT2D eigenvalue weighted by atomic mass is 10.2. The third kappa shape index (κ3) is 5.67. The zero-order valence-corrected chi connectivity index (χ0v) is 16.8. The van der Waals surface area contributed by atoms with E-state index in [-0.39, 0.29) is 17.2 Å². The molecule has 1 aromatic heterocycles. The maximum atomic E-state index is 13.9. The van der Waals surface area contributed by atoms with Crippen molar-refractivity contribution in [2.45, 2.75) is 19.6 Å². The Bertz CT molecular complexity index is 1050. The molecule has 0 aliphatic rings. The van der Waals surface area contributed by atoms with Crippen LogP contribution in [0.5, 0.6) is 17.2 Å². The molecule has 9 heteroatoms. The van der Waals surface area contributed by atoms with Crippen LogP contribution in [0.2, 0.25) is 4.47 Å². The molecule has 0 fully saturated rings. The van der Waals surface area contributed by atoms with Gasteiger partial charge in [-0.3, -0.25) is 4.79 Å². The third-order valence-corrected chi connectivity index (χ3v) is 4.87. The SMILES string of the molecule is C[C@@H](Oc1ccc(Oc2ccc(C#N)cc2F)cc1)C(=O)NCc1cnc(Cl)s1. The average Bonchev–Trinajstić information content (AvgIpc) is 3.14. The number of ether oxygens (including phenoxy) is 2. The van der Waals surface area contributed by atoms with Crippen LogP contribution in [-0.4, -0.2) is 17.0 Å². The van der Waals surface area contributed by atoms with Gasteiger partial charge in [0.15, 0.2) is 22.1 Å². The monoisotopic (exact) mass is 431 g/mol. The van der Waals surface area contributed by atoms with Gasteiger partial charge in [0.2, 0.25) is 0 Å². The number of hydrogen-bond acceptors (Lipinski definition) is 6. The Morgan fingerprint density at radius 2 is 2.03 bits per heavy atom. The second kappa shape index (κ2) is 9.37. The topological polar surface area (TPSA) is 84.2 Å². The first kappa shape index (κ1) is 20.6. The van der Waals surface area contributed by atoms with Gasteiger partial charge in [-0.05, 0) is 49.4 Å². The van der Waals surface area contributed by atoms with Gasteiger partial charge in [0, 0.05) is 11.1 Å². The minimum atomic E-state index is -0.721. The highest BCUT2D eigenvalue weighted by molar-refractivity contribution is 7.15. The molecule has 0 radical (unpaired) electrons. The fourth-order valence-electron chi connectivity index (χ4n) is 2.31. The van der Waals surface area contributed by atoms with Gasteiger partial charge in [-0.2, -0.15) is 5.26 Å². The lowest BCUT2D eigenvalue weighted by Gasteiger charge is -2.15. The predicted octanol–water partition coefficient (Wildman–Crippen LogP) is 4.68. The molecule has 3 rings (SSSR count). The van der Waals surface area contributed by atoms with Gasteiger partial charge in [-0.15, -0.1) is 11.3 Å². The van der Waals surface area contributed by atoms with Gasteiger partial charge in [0.1, 0.15) is 11.5 Å². The van der Waals surface area contributed by atoms with Crippen LogP contribution in [-0.2, 0) is 11.3 Å². The van der Waals surface area contributed by atoms with Gasteiger partial charge < -0.3 is 14.8 Å². The van der Waals surface area contributed by atoms with E-state index in [1.165, 1.54) is 23.5 Å². The predicted molar refractivity (Wildman–Crippen MR) is 107 cm³/mol. The van der Waals surface area contributed by atoms with E-state index >= 15 is 0 Å². The first-order valence-electron chi connectivity index (χ1n) is 8.47. The minimum absolute atomic E-state index is 0.00795. The Hall–Kier alpha value is -3.15. The molecule has 0 saturated heterocycles. The van der Waals surface area contributed by atoms with E-state index in [1.807, 2.05) is 6.07 Å². The van der Waals surface area contributed by atoms with Gasteiger partial charge in [-0.1, -0.05) is 11.6 Å². The average molecular weight is 432 g/mol. The van der Waals surface area contributed by atoms with E-state index < -0.39 is 11.9 Å². The lowest BCUT2D eigenvalue weighted by Crippen LogP contribution is -2.35. The van der Waals surface area contributed by atoms with E-state index in [2.05, 4.69) is 10.3 Å². The first-order chi connectivity index (χ1) is 13.9. The second-order valence-corrected chi connectivity index (χ2v) is 7.59. The molecule has 0 aliphatic carbocycles. The van der Waals surface area contributed by atoms with E-state index in [1.54, 1.807) is 37.4 Å². The Kier molecular flexibility index (Phi) is 6.65. The summed E-state index contributed by atoms with van der Waals surface area (Å²) < 4.78 is 25.4. The molecule has 6 nitrogen and oxygen atoms in total. The third-order valence-electron chi connectivity index (χ3n) is 3.76. The summed E-state index contributed by atoms with van der Waals surface area (Å²) in [4.78, 5) is 16.9. The molecule has 1 amide bonds. The van der Waals surface area contributed by atoms with Crippen LogP contribution < -0.4 is 14.8 Å². The number of hydrogen-bond donors (Lipinski definition) is 1. The number of halogens is 2. The molecule has 0 unspecified atom stereocenters. The number of nitriles is 1. The Morgan fingerprint density at radius 1 is 1.31 bits per heavy atom. The fourth-order valence-corrected chi connectivity index (χ4v) is 3.22. The molecule has 148 valence electrons. The van der Waals surface area contributed by atoms with Crippen molar-refractivity contribution < 1.29 is 18.7 Å². The summed E-state index contributed by atoms with van der Waals surface area (Å²) in [6, 6.07) is 12.2. The second-order valence-electron chi connectivity index (χ2n) is 5.89. The molecular weight excluding hydrogens is 417 g/mol. The van der Waals surface area contributed by atoms with Crippen LogP contribution in [0.25, 0.3) is 0 Å². The molecule has 3 aromatic rings. The normalized spacial score (nSPS) is 11.4. The summed E-state index contributed by atoms with van der Waals surface area (Å²) in [6.45, 7) is 1.95. The quantitative estimate of drug-likeness (QED) is 0.587. The van der Waals surface area contributed by atoms with Gasteiger partial charge >= 0.3 is 0 Å². The van der Waals surface area contributed by atoms with Crippen molar-refractivity contribution in [3.63, 3.8) is 0 Å². The highest BCUT2D eigenvalue weighted by Gasteiger charge is 2.15. The summed E-state index contributed by atoms with van der Waals surface area (Å²) in [5, 5.41) is 11.5. The van der Waals surface area contributed by atoms with Crippen molar-refractivity contribution in [2.75, 3.05) is 0 Å². The summed E-state index contributed by atoms with van der Waals surface area (Å²) in [5.74, 6) is -0.0544. The number of carbonyl (C=O) groups excluding carboxylic acids is 1. The van der Waals surface area contributed by atoms with E-state index in [0.29, 0.717) is 22.5 Å². The van der Waals surface area contributed by atoms with Gasteiger partial charge in [0.05, 0.1) is 18.2 Å². The summed E-state index contributed by atoms with van der Waals surface area (Å²) in [7, 11) is 0. The molecule has 0 spiro atoms. The Labute approximate surface area is 175 Å². The van der Waals surface area contributed by atoms with Gasteiger partial charge in [0.25, 0.3) is 5.91 Å². The molecule has 0 saturated carbocycles. The molecule has 0 bridgehead atoms. The number of nitrogens with zero attached hydrogens (tertiary/aromatic N) is 2. The number of aromatic nitrogens is 1. The van der Waals surface area contributed by atoms with Crippen LogP contribution in [0.15, 0.2) is 48.7 Å².